The Morgan fingerprint density at radius 2 is 1.70 bits per heavy atom. The number of nitrogens with one attached hydrogen (secondary N) is 1. The summed E-state index contributed by atoms with van der Waals surface area (Å²) in [5.74, 6) is 0.0848. The second-order valence-corrected chi connectivity index (χ2v) is 4.73. The molecule has 0 aliphatic heterocycles. The summed E-state index contributed by atoms with van der Waals surface area (Å²) in [5.41, 5.74) is 3.31. The Labute approximate surface area is 118 Å². The van der Waals surface area contributed by atoms with Gasteiger partial charge in [-0.1, -0.05) is 35.9 Å². The first-order valence-electron chi connectivity index (χ1n) is 6.40. The van der Waals surface area contributed by atoms with Crippen molar-refractivity contribution >= 4 is 11.5 Å². The lowest BCUT2D eigenvalue weighted by Crippen LogP contribution is -1.96. The van der Waals surface area contributed by atoms with Gasteiger partial charge >= 0.3 is 0 Å². The van der Waals surface area contributed by atoms with E-state index in [0.717, 1.165) is 11.1 Å². The van der Waals surface area contributed by atoms with Crippen molar-refractivity contribution in [3.8, 4) is 5.75 Å². The highest BCUT2D eigenvalue weighted by Crippen LogP contribution is 2.23. The van der Waals surface area contributed by atoms with Gasteiger partial charge < -0.3 is 10.4 Å². The molecule has 0 amide bonds. The molecule has 3 heteroatoms. The summed E-state index contributed by atoms with van der Waals surface area (Å²) in [7, 11) is 0. The molecule has 0 aliphatic rings. The van der Waals surface area contributed by atoms with E-state index in [1.165, 1.54) is 12.3 Å². The molecule has 2 aromatic carbocycles. The van der Waals surface area contributed by atoms with Crippen molar-refractivity contribution in [3.63, 3.8) is 0 Å². The monoisotopic (exact) mass is 267 g/mol. The van der Waals surface area contributed by atoms with Crippen molar-refractivity contribution in [2.75, 3.05) is 5.32 Å². The predicted octanol–water partition coefficient (Wildman–Crippen LogP) is 3.82. The fourth-order valence-corrected chi connectivity index (χ4v) is 1.78. The lowest BCUT2D eigenvalue weighted by Gasteiger charge is -2.04. The number of phenolic OH excluding ortho intramolecular Hbond substituents is 1. The number of carbonyl (C=O) groups is 1. The van der Waals surface area contributed by atoms with Crippen LogP contribution in [0.2, 0.25) is 0 Å². The van der Waals surface area contributed by atoms with E-state index in [2.05, 4.69) is 5.32 Å². The van der Waals surface area contributed by atoms with Crippen LogP contribution >= 0.6 is 0 Å². The van der Waals surface area contributed by atoms with E-state index < -0.39 is 0 Å². The lowest BCUT2D eigenvalue weighted by atomic mass is 10.1. The molecule has 0 heterocycles. The molecule has 0 fully saturated rings. The molecule has 0 atom stereocenters. The Balaban J connectivity index is 2.02. The number of aromatic hydroxyl groups is 1. The Hall–Kier alpha value is -2.55. The van der Waals surface area contributed by atoms with E-state index in [1.807, 2.05) is 32.0 Å². The smallest absolute Gasteiger partial charge is 0.187 e. The highest BCUT2D eigenvalue weighted by atomic mass is 16.3. The van der Waals surface area contributed by atoms with Gasteiger partial charge in [0, 0.05) is 17.8 Å². The maximum Gasteiger partial charge on any atom is 0.187 e. The lowest BCUT2D eigenvalue weighted by molar-refractivity contribution is 0.104. The number of anilines is 1. The Bertz CT molecular complexity index is 643. The van der Waals surface area contributed by atoms with Gasteiger partial charge in [0.25, 0.3) is 0 Å². The number of rotatable bonds is 4. The average Bonchev–Trinajstić information content (AvgIpc) is 2.42. The molecular weight excluding hydrogens is 250 g/mol. The zero-order valence-corrected chi connectivity index (χ0v) is 11.6. The van der Waals surface area contributed by atoms with Gasteiger partial charge in [-0.2, -0.15) is 0 Å². The molecule has 0 aliphatic carbocycles. The van der Waals surface area contributed by atoms with Crippen LogP contribution in [-0.4, -0.2) is 10.9 Å². The number of carbonyl (C=O) groups excluding carboxylic acids is 1. The van der Waals surface area contributed by atoms with Gasteiger partial charge in [0.15, 0.2) is 5.78 Å². The van der Waals surface area contributed by atoms with Gasteiger partial charge in [-0.15, -0.1) is 0 Å². The first-order chi connectivity index (χ1) is 9.56. The molecule has 2 aromatic rings. The first-order valence-corrected chi connectivity index (χ1v) is 6.40. The van der Waals surface area contributed by atoms with Crippen molar-refractivity contribution in [2.24, 2.45) is 0 Å². The molecule has 0 spiro atoms. The van der Waals surface area contributed by atoms with Crippen LogP contribution in [0.5, 0.6) is 5.75 Å². The summed E-state index contributed by atoms with van der Waals surface area (Å²) >= 11 is 0. The van der Waals surface area contributed by atoms with E-state index in [4.69, 9.17) is 0 Å². The summed E-state index contributed by atoms with van der Waals surface area (Å²) in [6.07, 6.45) is 2.98. The molecular formula is C17H17NO2. The molecule has 2 rings (SSSR count). The molecule has 0 bridgehead atoms. The fourth-order valence-electron chi connectivity index (χ4n) is 1.78. The van der Waals surface area contributed by atoms with Crippen LogP contribution in [0.4, 0.5) is 5.69 Å². The summed E-state index contributed by atoms with van der Waals surface area (Å²) in [6.45, 7) is 3.88. The van der Waals surface area contributed by atoms with Crippen LogP contribution in [-0.2, 0) is 0 Å². The van der Waals surface area contributed by atoms with Crippen LogP contribution in [0.1, 0.15) is 21.5 Å². The highest BCUT2D eigenvalue weighted by molar-refractivity contribution is 6.04. The van der Waals surface area contributed by atoms with Crippen LogP contribution in [0.25, 0.3) is 0 Å². The van der Waals surface area contributed by atoms with E-state index in [-0.39, 0.29) is 11.5 Å². The van der Waals surface area contributed by atoms with E-state index in [9.17, 15) is 9.90 Å². The zero-order valence-electron chi connectivity index (χ0n) is 11.6. The van der Waals surface area contributed by atoms with Crippen molar-refractivity contribution in [3.05, 3.63) is 71.4 Å². The molecule has 0 radical (unpaired) electrons. The number of aryl methyl sites for hydroxylation is 2. The molecule has 3 nitrogen and oxygen atoms in total. The second-order valence-electron chi connectivity index (χ2n) is 4.73. The minimum atomic E-state index is -0.0795. The zero-order chi connectivity index (χ0) is 14.5. The van der Waals surface area contributed by atoms with E-state index in [1.54, 1.807) is 24.3 Å². The van der Waals surface area contributed by atoms with Crippen LogP contribution in [0.15, 0.2) is 54.7 Å². The number of phenols is 1. The van der Waals surface area contributed by atoms with Gasteiger partial charge in [-0.25, -0.2) is 0 Å². The standard InChI is InChI=1S/C17H17NO2/c1-12-3-6-14(7-4-12)16(19)9-10-18-15-8-5-13(2)11-17(15)20/h3-11,18,20H,1-2H3. The molecule has 0 unspecified atom stereocenters. The molecule has 2 N–H and O–H groups in total. The maximum atomic E-state index is 11.9. The van der Waals surface area contributed by atoms with Gasteiger partial charge in [0.2, 0.25) is 0 Å². The third-order valence-corrected chi connectivity index (χ3v) is 2.96. The van der Waals surface area contributed by atoms with Crippen LogP contribution in [0, 0.1) is 13.8 Å². The van der Waals surface area contributed by atoms with Gasteiger partial charge in [-0.05, 0) is 31.5 Å². The SMILES string of the molecule is Cc1ccc(C(=O)C=CNc2ccc(C)cc2O)cc1. The average molecular weight is 267 g/mol. The molecule has 0 saturated heterocycles. The minimum Gasteiger partial charge on any atom is -0.506 e. The number of ketones is 1. The van der Waals surface area contributed by atoms with Crippen molar-refractivity contribution in [1.82, 2.24) is 0 Å². The predicted molar refractivity (Wildman–Crippen MR) is 81.1 cm³/mol. The summed E-state index contributed by atoms with van der Waals surface area (Å²) < 4.78 is 0. The van der Waals surface area contributed by atoms with Crippen molar-refractivity contribution < 1.29 is 9.90 Å². The molecule has 0 aromatic heterocycles. The van der Waals surface area contributed by atoms with Crippen LogP contribution < -0.4 is 5.32 Å². The normalized spacial score (nSPS) is 10.7. The Kier molecular flexibility index (Phi) is 4.20. The third-order valence-electron chi connectivity index (χ3n) is 2.96. The van der Waals surface area contributed by atoms with E-state index in [0.29, 0.717) is 11.3 Å². The topological polar surface area (TPSA) is 49.3 Å². The molecule has 0 saturated carbocycles. The maximum absolute atomic E-state index is 11.9. The summed E-state index contributed by atoms with van der Waals surface area (Å²) in [5, 5.41) is 12.6. The summed E-state index contributed by atoms with van der Waals surface area (Å²) in [6, 6.07) is 12.7. The van der Waals surface area contributed by atoms with Gasteiger partial charge in [0.05, 0.1) is 5.69 Å². The molecule has 20 heavy (non-hydrogen) atoms. The van der Waals surface area contributed by atoms with Gasteiger partial charge in [0.1, 0.15) is 5.75 Å². The first kappa shape index (κ1) is 13.9. The fraction of sp³-hybridized carbons (Fsp3) is 0.118. The third kappa shape index (κ3) is 3.48. The minimum absolute atomic E-state index is 0.0795. The number of hydrogen-bond donors (Lipinski definition) is 2. The second kappa shape index (κ2) is 6.06. The van der Waals surface area contributed by atoms with Crippen molar-refractivity contribution in [1.29, 1.82) is 0 Å². The number of allylic oxidation sites excluding steroid dienone is 1. The number of hydrogen-bond acceptors (Lipinski definition) is 3. The van der Waals surface area contributed by atoms with Crippen molar-refractivity contribution in [2.45, 2.75) is 13.8 Å². The Morgan fingerprint density at radius 1 is 1.05 bits per heavy atom. The largest absolute Gasteiger partial charge is 0.506 e. The van der Waals surface area contributed by atoms with E-state index >= 15 is 0 Å². The van der Waals surface area contributed by atoms with Gasteiger partial charge in [-0.3, -0.25) is 4.79 Å². The molecule has 102 valence electrons. The Morgan fingerprint density at radius 3 is 2.35 bits per heavy atom. The number of benzene rings is 2. The summed E-state index contributed by atoms with van der Waals surface area (Å²) in [4.78, 5) is 11.9. The van der Waals surface area contributed by atoms with Crippen LogP contribution in [0.3, 0.4) is 0 Å². The quantitative estimate of drug-likeness (QED) is 0.503. The highest BCUT2D eigenvalue weighted by Gasteiger charge is 2.01.